The van der Waals surface area contributed by atoms with E-state index in [-0.39, 0.29) is 17.0 Å². The Labute approximate surface area is 100 Å². The Hall–Kier alpha value is -0.570. The molecular formula is C13H28N2O. The van der Waals surface area contributed by atoms with Gasteiger partial charge in [0, 0.05) is 11.1 Å². The number of nitrogens with one attached hydrogen (secondary N) is 2. The summed E-state index contributed by atoms with van der Waals surface area (Å²) in [5.74, 6) is 0.0797. The van der Waals surface area contributed by atoms with Gasteiger partial charge in [-0.3, -0.25) is 4.79 Å². The minimum absolute atomic E-state index is 0.0441. The zero-order valence-corrected chi connectivity index (χ0v) is 11.7. The van der Waals surface area contributed by atoms with Crippen molar-refractivity contribution in [3.8, 4) is 0 Å². The lowest BCUT2D eigenvalue weighted by molar-refractivity contribution is -0.122. The van der Waals surface area contributed by atoms with Crippen molar-refractivity contribution in [3.05, 3.63) is 0 Å². The third-order valence-corrected chi connectivity index (χ3v) is 2.96. The number of rotatable bonds is 7. The van der Waals surface area contributed by atoms with Gasteiger partial charge < -0.3 is 10.6 Å². The van der Waals surface area contributed by atoms with Gasteiger partial charge >= 0.3 is 0 Å². The summed E-state index contributed by atoms with van der Waals surface area (Å²) in [4.78, 5) is 11.7. The van der Waals surface area contributed by atoms with E-state index < -0.39 is 0 Å². The van der Waals surface area contributed by atoms with E-state index in [0.717, 1.165) is 19.3 Å². The molecule has 0 aliphatic carbocycles. The summed E-state index contributed by atoms with van der Waals surface area (Å²) in [5, 5.41) is 6.31. The maximum Gasteiger partial charge on any atom is 0.234 e. The van der Waals surface area contributed by atoms with Crippen molar-refractivity contribution in [3.63, 3.8) is 0 Å². The molecule has 0 aliphatic heterocycles. The third-order valence-electron chi connectivity index (χ3n) is 2.96. The van der Waals surface area contributed by atoms with E-state index in [0.29, 0.717) is 6.54 Å². The van der Waals surface area contributed by atoms with Crippen LogP contribution in [0.15, 0.2) is 0 Å². The second-order valence-electron chi connectivity index (χ2n) is 5.77. The molecule has 0 spiro atoms. The molecule has 3 heteroatoms. The summed E-state index contributed by atoms with van der Waals surface area (Å²) in [6.45, 7) is 13.0. The minimum Gasteiger partial charge on any atom is -0.350 e. The minimum atomic E-state index is -0.104. The van der Waals surface area contributed by atoms with Crippen LogP contribution in [0.1, 0.15) is 60.8 Å². The third kappa shape index (κ3) is 6.83. The van der Waals surface area contributed by atoms with Gasteiger partial charge in [-0.25, -0.2) is 0 Å². The van der Waals surface area contributed by atoms with Crippen molar-refractivity contribution in [2.24, 2.45) is 0 Å². The van der Waals surface area contributed by atoms with Crippen LogP contribution < -0.4 is 10.6 Å². The molecule has 0 saturated heterocycles. The molecule has 0 saturated carbocycles. The maximum absolute atomic E-state index is 11.7. The van der Waals surface area contributed by atoms with Gasteiger partial charge in [0.05, 0.1) is 6.54 Å². The van der Waals surface area contributed by atoms with Crippen LogP contribution in [0.3, 0.4) is 0 Å². The molecule has 0 bridgehead atoms. The van der Waals surface area contributed by atoms with Crippen molar-refractivity contribution in [1.82, 2.24) is 10.6 Å². The Kier molecular flexibility index (Phi) is 6.01. The average molecular weight is 228 g/mol. The van der Waals surface area contributed by atoms with Crippen molar-refractivity contribution in [1.29, 1.82) is 0 Å². The van der Waals surface area contributed by atoms with Crippen LogP contribution in [-0.4, -0.2) is 23.5 Å². The molecule has 0 rings (SSSR count). The highest BCUT2D eigenvalue weighted by Crippen LogP contribution is 2.10. The van der Waals surface area contributed by atoms with Gasteiger partial charge in [0.25, 0.3) is 0 Å². The fraction of sp³-hybridized carbons (Fsp3) is 0.923. The van der Waals surface area contributed by atoms with E-state index in [1.807, 2.05) is 13.8 Å². The molecule has 0 aliphatic rings. The Balaban J connectivity index is 3.99. The van der Waals surface area contributed by atoms with Crippen LogP contribution in [0.2, 0.25) is 0 Å². The number of hydrogen-bond acceptors (Lipinski definition) is 2. The van der Waals surface area contributed by atoms with Crippen LogP contribution in [0.4, 0.5) is 0 Å². The van der Waals surface area contributed by atoms with Crippen molar-refractivity contribution in [2.45, 2.75) is 71.9 Å². The zero-order valence-electron chi connectivity index (χ0n) is 11.7. The molecule has 0 aromatic carbocycles. The molecule has 0 unspecified atom stereocenters. The first-order valence-corrected chi connectivity index (χ1v) is 6.28. The summed E-state index contributed by atoms with van der Waals surface area (Å²) < 4.78 is 0. The molecule has 0 aromatic rings. The Morgan fingerprint density at radius 2 is 1.62 bits per heavy atom. The first kappa shape index (κ1) is 15.4. The van der Waals surface area contributed by atoms with Crippen LogP contribution in [0.5, 0.6) is 0 Å². The zero-order chi connectivity index (χ0) is 12.8. The van der Waals surface area contributed by atoms with Crippen LogP contribution >= 0.6 is 0 Å². The predicted molar refractivity (Wildman–Crippen MR) is 69.5 cm³/mol. The SMILES string of the molecule is CCCC(C)(C)NCC(=O)NC(C)(C)CC. The van der Waals surface area contributed by atoms with E-state index in [1.54, 1.807) is 0 Å². The summed E-state index contributed by atoms with van der Waals surface area (Å²) in [6.07, 6.45) is 3.15. The lowest BCUT2D eigenvalue weighted by Gasteiger charge is -2.28. The number of hydrogen-bond donors (Lipinski definition) is 2. The van der Waals surface area contributed by atoms with Crippen molar-refractivity contribution >= 4 is 5.91 Å². The smallest absolute Gasteiger partial charge is 0.234 e. The Bertz CT molecular complexity index is 222. The molecule has 1 amide bonds. The fourth-order valence-corrected chi connectivity index (χ4v) is 1.54. The van der Waals surface area contributed by atoms with E-state index in [1.165, 1.54) is 0 Å². The molecule has 0 radical (unpaired) electrons. The summed E-state index contributed by atoms with van der Waals surface area (Å²) >= 11 is 0. The van der Waals surface area contributed by atoms with Crippen LogP contribution in [0.25, 0.3) is 0 Å². The first-order valence-electron chi connectivity index (χ1n) is 6.28. The highest BCUT2D eigenvalue weighted by Gasteiger charge is 2.20. The van der Waals surface area contributed by atoms with Gasteiger partial charge in [0.15, 0.2) is 0 Å². The monoisotopic (exact) mass is 228 g/mol. The van der Waals surface area contributed by atoms with Crippen molar-refractivity contribution in [2.75, 3.05) is 6.54 Å². The van der Waals surface area contributed by atoms with E-state index in [4.69, 9.17) is 0 Å². The topological polar surface area (TPSA) is 41.1 Å². The quantitative estimate of drug-likeness (QED) is 0.703. The molecule has 0 atom stereocenters. The molecule has 0 fully saturated rings. The van der Waals surface area contributed by atoms with Crippen molar-refractivity contribution < 1.29 is 4.79 Å². The Morgan fingerprint density at radius 3 is 2.06 bits per heavy atom. The standard InChI is InChI=1S/C13H28N2O/c1-7-9-13(5,6)14-10-11(16)15-12(3,4)8-2/h14H,7-10H2,1-6H3,(H,15,16). The van der Waals surface area contributed by atoms with Gasteiger partial charge in [-0.05, 0) is 40.5 Å². The molecule has 0 heterocycles. The number of carbonyl (C=O) groups excluding carboxylic acids is 1. The molecule has 3 nitrogen and oxygen atoms in total. The van der Waals surface area contributed by atoms with E-state index >= 15 is 0 Å². The van der Waals surface area contributed by atoms with Gasteiger partial charge in [-0.2, -0.15) is 0 Å². The van der Waals surface area contributed by atoms with Gasteiger partial charge in [0.1, 0.15) is 0 Å². The van der Waals surface area contributed by atoms with E-state index in [9.17, 15) is 4.79 Å². The highest BCUT2D eigenvalue weighted by atomic mass is 16.2. The normalized spacial score (nSPS) is 12.6. The summed E-state index contributed by atoms with van der Waals surface area (Å²) in [6, 6.07) is 0. The molecule has 16 heavy (non-hydrogen) atoms. The first-order chi connectivity index (χ1) is 7.22. The second kappa shape index (κ2) is 6.24. The van der Waals surface area contributed by atoms with Gasteiger partial charge in [-0.1, -0.05) is 20.3 Å². The number of carbonyl (C=O) groups is 1. The molecular weight excluding hydrogens is 200 g/mol. The van der Waals surface area contributed by atoms with E-state index in [2.05, 4.69) is 38.3 Å². The maximum atomic E-state index is 11.7. The molecule has 96 valence electrons. The summed E-state index contributed by atoms with van der Waals surface area (Å²) in [5.41, 5.74) is -0.0594. The lowest BCUT2D eigenvalue weighted by atomic mass is 9.99. The van der Waals surface area contributed by atoms with Gasteiger partial charge in [0.2, 0.25) is 5.91 Å². The second-order valence-corrected chi connectivity index (χ2v) is 5.77. The highest BCUT2D eigenvalue weighted by molar-refractivity contribution is 5.78. The average Bonchev–Trinajstić information content (AvgIpc) is 2.14. The summed E-state index contributed by atoms with van der Waals surface area (Å²) in [7, 11) is 0. The molecule has 2 N–H and O–H groups in total. The number of amides is 1. The molecule has 0 aromatic heterocycles. The Morgan fingerprint density at radius 1 is 1.06 bits per heavy atom. The van der Waals surface area contributed by atoms with Crippen LogP contribution in [-0.2, 0) is 4.79 Å². The van der Waals surface area contributed by atoms with Gasteiger partial charge in [-0.15, -0.1) is 0 Å². The predicted octanol–water partition coefficient (Wildman–Crippen LogP) is 2.46. The fourth-order valence-electron chi connectivity index (χ4n) is 1.54. The van der Waals surface area contributed by atoms with Crippen LogP contribution in [0, 0.1) is 0 Å². The largest absolute Gasteiger partial charge is 0.350 e. The lowest BCUT2D eigenvalue weighted by Crippen LogP contribution is -2.50.